The van der Waals surface area contributed by atoms with Crippen LogP contribution in [0.3, 0.4) is 0 Å². The van der Waals surface area contributed by atoms with Crippen LogP contribution >= 0.6 is 0 Å². The Morgan fingerprint density at radius 3 is 2.23 bits per heavy atom. The van der Waals surface area contributed by atoms with Crippen LogP contribution in [0.5, 0.6) is 0 Å². The largest absolute Gasteiger partial charge is 0.354 e. The maximum Gasteiger partial charge on any atom is 0.243 e. The lowest BCUT2D eigenvalue weighted by Gasteiger charge is -2.32. The van der Waals surface area contributed by atoms with Crippen LogP contribution in [0.25, 0.3) is 0 Å². The topological polar surface area (TPSA) is 86.8 Å². The number of rotatable bonds is 14. The van der Waals surface area contributed by atoms with Crippen molar-refractivity contribution in [2.45, 2.75) is 52.1 Å². The molecule has 0 unspecified atom stereocenters. The fourth-order valence-electron chi connectivity index (χ4n) is 4.45. The lowest BCUT2D eigenvalue weighted by molar-refractivity contribution is -0.141. The average molecular weight is 568 g/mol. The maximum atomic E-state index is 14.7. The van der Waals surface area contributed by atoms with E-state index in [-0.39, 0.29) is 44.2 Å². The summed E-state index contributed by atoms with van der Waals surface area (Å²) in [5.41, 5.74) is 2.69. The molecule has 3 aromatic carbocycles. The smallest absolute Gasteiger partial charge is 0.243 e. The van der Waals surface area contributed by atoms with Crippen molar-refractivity contribution < 1.29 is 22.4 Å². The first kappa shape index (κ1) is 30.8. The molecule has 0 fully saturated rings. The predicted octanol–water partition coefficient (Wildman–Crippen LogP) is 4.85. The Hall–Kier alpha value is -3.72. The zero-order valence-corrected chi connectivity index (χ0v) is 24.2. The third kappa shape index (κ3) is 8.91. The summed E-state index contributed by atoms with van der Waals surface area (Å²) < 4.78 is 41.1. The maximum absolute atomic E-state index is 14.7. The predicted molar refractivity (Wildman–Crippen MR) is 157 cm³/mol. The molecule has 3 aromatic rings. The molecule has 0 saturated carbocycles. The van der Waals surface area contributed by atoms with E-state index in [2.05, 4.69) is 5.32 Å². The number of hydrogen-bond donors (Lipinski definition) is 1. The number of anilines is 1. The van der Waals surface area contributed by atoms with E-state index in [4.69, 9.17) is 0 Å². The summed E-state index contributed by atoms with van der Waals surface area (Å²) in [6.45, 7) is 4.31. The molecule has 0 saturated heterocycles. The number of nitrogens with one attached hydrogen (secondary N) is 1. The van der Waals surface area contributed by atoms with Gasteiger partial charge in [0.2, 0.25) is 21.8 Å². The Labute approximate surface area is 237 Å². The highest BCUT2D eigenvalue weighted by atomic mass is 32.2. The number of aryl methyl sites for hydroxylation is 1. The lowest BCUT2D eigenvalue weighted by atomic mass is 10.0. The Morgan fingerprint density at radius 2 is 1.60 bits per heavy atom. The van der Waals surface area contributed by atoms with Crippen LogP contribution < -0.4 is 9.62 Å². The van der Waals surface area contributed by atoms with E-state index in [0.29, 0.717) is 17.8 Å². The third-order valence-corrected chi connectivity index (χ3v) is 7.79. The van der Waals surface area contributed by atoms with Crippen LogP contribution in [0.1, 0.15) is 42.9 Å². The van der Waals surface area contributed by atoms with Crippen LogP contribution in [0.15, 0.2) is 78.9 Å². The van der Waals surface area contributed by atoms with Crippen LogP contribution in [-0.2, 0) is 32.6 Å². The van der Waals surface area contributed by atoms with Crippen molar-refractivity contribution in [1.29, 1.82) is 0 Å². The first-order valence-electron chi connectivity index (χ1n) is 13.5. The molecule has 9 heteroatoms. The van der Waals surface area contributed by atoms with E-state index < -0.39 is 21.9 Å². The van der Waals surface area contributed by atoms with Gasteiger partial charge in [-0.15, -0.1) is 0 Å². The van der Waals surface area contributed by atoms with Gasteiger partial charge in [0.1, 0.15) is 11.9 Å². The van der Waals surface area contributed by atoms with Crippen LogP contribution in [0.2, 0.25) is 0 Å². The molecule has 1 atom stereocenters. The fourth-order valence-corrected chi connectivity index (χ4v) is 5.41. The van der Waals surface area contributed by atoms with Gasteiger partial charge in [-0.25, -0.2) is 12.8 Å². The van der Waals surface area contributed by atoms with Crippen molar-refractivity contribution in [3.63, 3.8) is 0 Å². The first-order chi connectivity index (χ1) is 19.1. The van der Waals surface area contributed by atoms with Crippen LogP contribution in [0.4, 0.5) is 10.1 Å². The number of amides is 2. The molecule has 0 aromatic heterocycles. The van der Waals surface area contributed by atoms with Crippen molar-refractivity contribution in [3.05, 3.63) is 101 Å². The zero-order valence-electron chi connectivity index (χ0n) is 23.3. The Morgan fingerprint density at radius 1 is 0.950 bits per heavy atom. The minimum atomic E-state index is -3.59. The molecule has 0 bridgehead atoms. The molecule has 40 heavy (non-hydrogen) atoms. The number of benzene rings is 3. The van der Waals surface area contributed by atoms with E-state index in [1.807, 2.05) is 56.3 Å². The number of hydrogen-bond acceptors (Lipinski definition) is 4. The normalized spacial score (nSPS) is 12.0. The van der Waals surface area contributed by atoms with Crippen molar-refractivity contribution in [1.82, 2.24) is 10.2 Å². The van der Waals surface area contributed by atoms with Crippen molar-refractivity contribution in [2.24, 2.45) is 0 Å². The molecular weight excluding hydrogens is 529 g/mol. The monoisotopic (exact) mass is 567 g/mol. The van der Waals surface area contributed by atoms with Gasteiger partial charge in [-0.1, -0.05) is 73.2 Å². The second-order valence-electron chi connectivity index (χ2n) is 9.88. The highest BCUT2D eigenvalue weighted by molar-refractivity contribution is 7.92. The van der Waals surface area contributed by atoms with Gasteiger partial charge in [-0.05, 0) is 43.5 Å². The molecule has 7 nitrogen and oxygen atoms in total. The molecule has 0 heterocycles. The van der Waals surface area contributed by atoms with Crippen LogP contribution in [0, 0.1) is 12.7 Å². The molecule has 0 spiro atoms. The average Bonchev–Trinajstić information content (AvgIpc) is 2.93. The van der Waals surface area contributed by atoms with Crippen molar-refractivity contribution in [2.75, 3.05) is 23.7 Å². The number of halogens is 1. The molecule has 0 aliphatic rings. The van der Waals surface area contributed by atoms with Gasteiger partial charge >= 0.3 is 0 Å². The highest BCUT2D eigenvalue weighted by Crippen LogP contribution is 2.21. The number of sulfonamides is 1. The first-order valence-corrected chi connectivity index (χ1v) is 15.3. The van der Waals surface area contributed by atoms with Crippen LogP contribution in [-0.4, -0.2) is 50.5 Å². The van der Waals surface area contributed by atoms with Gasteiger partial charge < -0.3 is 10.2 Å². The molecule has 0 aliphatic heterocycles. The van der Waals surface area contributed by atoms with Crippen molar-refractivity contribution in [3.8, 4) is 0 Å². The molecule has 0 radical (unpaired) electrons. The van der Waals surface area contributed by atoms with E-state index >= 15 is 0 Å². The molecule has 2 amide bonds. The van der Waals surface area contributed by atoms with Gasteiger partial charge in [0.15, 0.2) is 0 Å². The second-order valence-corrected chi connectivity index (χ2v) is 11.8. The van der Waals surface area contributed by atoms with Gasteiger partial charge in [-0.3, -0.25) is 13.9 Å². The number of carbonyl (C=O) groups excluding carboxylic acids is 2. The quantitative estimate of drug-likeness (QED) is 0.302. The summed E-state index contributed by atoms with van der Waals surface area (Å²) in [6, 6.07) is 21.8. The summed E-state index contributed by atoms with van der Waals surface area (Å²) >= 11 is 0. The van der Waals surface area contributed by atoms with Crippen molar-refractivity contribution >= 4 is 27.5 Å². The highest BCUT2D eigenvalue weighted by Gasteiger charge is 2.31. The van der Waals surface area contributed by atoms with E-state index in [0.717, 1.165) is 23.8 Å². The summed E-state index contributed by atoms with van der Waals surface area (Å²) in [5, 5.41) is 2.89. The molecule has 1 N–H and O–H groups in total. The molecular formula is C31H38FN3O4S. The summed E-state index contributed by atoms with van der Waals surface area (Å²) in [6.07, 6.45) is 2.33. The van der Waals surface area contributed by atoms with Gasteiger partial charge in [-0.2, -0.15) is 0 Å². The Kier molecular flexibility index (Phi) is 11.3. The Bertz CT molecular complexity index is 1360. The second kappa shape index (κ2) is 14.6. The van der Waals surface area contributed by atoms with Gasteiger partial charge in [0, 0.05) is 38.0 Å². The van der Waals surface area contributed by atoms with Gasteiger partial charge in [0.25, 0.3) is 0 Å². The zero-order chi connectivity index (χ0) is 29.1. The lowest BCUT2D eigenvalue weighted by Crippen LogP contribution is -2.50. The Balaban J connectivity index is 1.87. The standard InChI is InChI=1S/C31H38FN3O4S/c1-4-20-33-31(37)29(22-25-11-6-5-7-12-25)34(23-26-13-8-9-14-28(26)32)30(36)15-10-21-35(40(3,38)39)27-18-16-24(2)17-19-27/h5-9,11-14,16-19,29H,4,10,15,20-23H2,1-3H3,(H,33,37)/t29-/m1/s1. The fraction of sp³-hybridized carbons (Fsp3) is 0.355. The van der Waals surface area contributed by atoms with E-state index in [1.54, 1.807) is 30.3 Å². The van der Waals surface area contributed by atoms with E-state index in [9.17, 15) is 22.4 Å². The third-order valence-electron chi connectivity index (χ3n) is 6.59. The summed E-state index contributed by atoms with van der Waals surface area (Å²) in [4.78, 5) is 28.5. The molecule has 214 valence electrons. The number of carbonyl (C=O) groups is 2. The summed E-state index contributed by atoms with van der Waals surface area (Å²) in [5.74, 6) is -1.13. The SMILES string of the molecule is CCCNC(=O)[C@@H](Cc1ccccc1)N(Cc1ccccc1F)C(=O)CCCN(c1ccc(C)cc1)S(C)(=O)=O. The molecule has 0 aliphatic carbocycles. The van der Waals surface area contributed by atoms with E-state index in [1.165, 1.54) is 15.3 Å². The summed E-state index contributed by atoms with van der Waals surface area (Å²) in [7, 11) is -3.59. The molecule has 3 rings (SSSR count). The minimum Gasteiger partial charge on any atom is -0.354 e. The minimum absolute atomic E-state index is 0.0152. The van der Waals surface area contributed by atoms with Gasteiger partial charge in [0.05, 0.1) is 11.9 Å². The number of nitrogens with zero attached hydrogens (tertiary/aromatic N) is 2.